The van der Waals surface area contributed by atoms with Gasteiger partial charge in [0.25, 0.3) is 0 Å². The topological polar surface area (TPSA) is 120 Å². The summed E-state index contributed by atoms with van der Waals surface area (Å²) in [6, 6.07) is 0. The quantitative estimate of drug-likeness (QED) is 0.0705. The molecule has 288 valence electrons. The van der Waals surface area contributed by atoms with Crippen LogP contribution in [-0.4, -0.2) is 17.9 Å². The standard InChI is InChI=1S/3C14H28O2.3Na/c3*1-2-3-4-5-6-7-8-9-10-11-12-13-14(15)16;;;/h3*2-13H2,1H3,(H,15,16);;;/q;;;3*+1/p-3. The summed E-state index contributed by atoms with van der Waals surface area (Å²) >= 11 is 0. The number of carbonyl (C=O) groups excluding carboxylic acids is 3. The SMILES string of the molecule is CCCCCCCCCCCCCC(=O)[O-].CCCCCCCCCCCCCC(=O)[O-].CCCCCCCCCCCCCC(=O)[O-].[Na+].[Na+].[Na+]. The van der Waals surface area contributed by atoms with Crippen molar-refractivity contribution in [3.05, 3.63) is 0 Å². The van der Waals surface area contributed by atoms with E-state index >= 15 is 0 Å². The van der Waals surface area contributed by atoms with Crippen LogP contribution in [0, 0.1) is 0 Å². The smallest absolute Gasteiger partial charge is 0.550 e. The van der Waals surface area contributed by atoms with Gasteiger partial charge in [-0.1, -0.05) is 213 Å². The summed E-state index contributed by atoms with van der Waals surface area (Å²) in [4.78, 5) is 30.4. The first-order valence-corrected chi connectivity index (χ1v) is 20.9. The number of hydrogen-bond donors (Lipinski definition) is 0. The third-order valence-electron chi connectivity index (χ3n) is 8.95. The Kier molecular flexibility index (Phi) is 76.5. The average molecular weight is 751 g/mol. The summed E-state index contributed by atoms with van der Waals surface area (Å²) in [5.74, 6) is -2.72. The molecule has 0 aliphatic rings. The molecule has 0 heterocycles. The first kappa shape index (κ1) is 64.3. The minimum atomic E-state index is -0.907. The number of carbonyl (C=O) groups is 3. The van der Waals surface area contributed by atoms with Gasteiger partial charge in [-0.25, -0.2) is 0 Å². The second-order valence-electron chi connectivity index (χ2n) is 14.0. The average Bonchev–Trinajstić information content (AvgIpc) is 3.05. The molecular weight excluding hydrogens is 669 g/mol. The molecule has 0 fully saturated rings. The largest absolute Gasteiger partial charge is 1.00 e. The normalized spacial score (nSPS) is 9.94. The van der Waals surface area contributed by atoms with Crippen LogP contribution in [0.3, 0.4) is 0 Å². The van der Waals surface area contributed by atoms with E-state index in [-0.39, 0.29) is 108 Å². The van der Waals surface area contributed by atoms with E-state index in [0.717, 1.165) is 38.5 Å². The maximum absolute atomic E-state index is 10.1. The zero-order valence-electron chi connectivity index (χ0n) is 35.4. The first-order valence-electron chi connectivity index (χ1n) is 20.9. The fraction of sp³-hybridized carbons (Fsp3) is 0.929. The first-order chi connectivity index (χ1) is 23.3. The summed E-state index contributed by atoms with van der Waals surface area (Å²) in [6.07, 6.45) is 42.1. The molecule has 0 N–H and O–H groups in total. The molecule has 0 rings (SSSR count). The van der Waals surface area contributed by atoms with Crippen LogP contribution in [-0.2, 0) is 14.4 Å². The third kappa shape index (κ3) is 76.9. The van der Waals surface area contributed by atoms with E-state index in [1.807, 2.05) is 0 Å². The molecule has 0 aromatic carbocycles. The van der Waals surface area contributed by atoms with E-state index in [2.05, 4.69) is 20.8 Å². The third-order valence-corrected chi connectivity index (χ3v) is 8.95. The van der Waals surface area contributed by atoms with Crippen molar-refractivity contribution in [3.8, 4) is 0 Å². The molecule has 0 saturated heterocycles. The summed E-state index contributed by atoms with van der Waals surface area (Å²) in [7, 11) is 0. The second-order valence-corrected chi connectivity index (χ2v) is 14.0. The Morgan fingerprint density at radius 1 is 0.255 bits per heavy atom. The second kappa shape index (κ2) is 60.7. The predicted octanol–water partition coefficient (Wildman–Crippen LogP) is 1.32. The Balaban J connectivity index is -0.000000145. The summed E-state index contributed by atoms with van der Waals surface area (Å²) in [5.41, 5.74) is 0. The van der Waals surface area contributed by atoms with Gasteiger partial charge >= 0.3 is 88.7 Å². The Hall–Kier alpha value is 1.41. The van der Waals surface area contributed by atoms with Gasteiger partial charge in [-0.3, -0.25) is 0 Å². The monoisotopic (exact) mass is 751 g/mol. The molecule has 0 atom stereocenters. The van der Waals surface area contributed by atoms with Crippen LogP contribution in [0.4, 0.5) is 0 Å². The molecule has 0 spiro atoms. The number of rotatable bonds is 36. The van der Waals surface area contributed by atoms with E-state index in [1.165, 1.54) is 173 Å². The van der Waals surface area contributed by atoms with E-state index < -0.39 is 17.9 Å². The van der Waals surface area contributed by atoms with Crippen LogP contribution in [0.15, 0.2) is 0 Å². The molecule has 9 heteroatoms. The van der Waals surface area contributed by atoms with Crippen molar-refractivity contribution >= 4 is 17.9 Å². The van der Waals surface area contributed by atoms with Crippen molar-refractivity contribution < 1.29 is 118 Å². The summed E-state index contributed by atoms with van der Waals surface area (Å²) < 4.78 is 0. The van der Waals surface area contributed by atoms with Gasteiger partial charge in [0.15, 0.2) is 0 Å². The van der Waals surface area contributed by atoms with Gasteiger partial charge in [0.1, 0.15) is 0 Å². The Bertz CT molecular complexity index is 566. The number of hydrogen-bond acceptors (Lipinski definition) is 6. The number of carboxylic acids is 3. The van der Waals surface area contributed by atoms with Gasteiger partial charge in [0.2, 0.25) is 0 Å². The van der Waals surface area contributed by atoms with E-state index in [1.54, 1.807) is 0 Å². The van der Waals surface area contributed by atoms with Crippen LogP contribution < -0.4 is 104 Å². The van der Waals surface area contributed by atoms with Crippen LogP contribution in [0.25, 0.3) is 0 Å². The zero-order chi connectivity index (χ0) is 36.2. The molecule has 51 heavy (non-hydrogen) atoms. The minimum Gasteiger partial charge on any atom is -0.550 e. The van der Waals surface area contributed by atoms with Gasteiger partial charge in [0.05, 0.1) is 0 Å². The van der Waals surface area contributed by atoms with Gasteiger partial charge < -0.3 is 29.7 Å². The van der Waals surface area contributed by atoms with Gasteiger partial charge in [-0.2, -0.15) is 0 Å². The summed E-state index contributed by atoms with van der Waals surface area (Å²) in [6.45, 7) is 6.73. The van der Waals surface area contributed by atoms with Crippen LogP contribution in [0.2, 0.25) is 0 Å². The van der Waals surface area contributed by atoms with E-state index in [0.29, 0.717) is 0 Å². The van der Waals surface area contributed by atoms with Crippen molar-refractivity contribution in [3.63, 3.8) is 0 Å². The predicted molar refractivity (Wildman–Crippen MR) is 198 cm³/mol. The zero-order valence-corrected chi connectivity index (χ0v) is 41.4. The molecule has 0 aromatic heterocycles. The van der Waals surface area contributed by atoms with E-state index in [4.69, 9.17) is 0 Å². The number of carboxylic acid groups (broad SMARTS) is 3. The van der Waals surface area contributed by atoms with Crippen LogP contribution in [0.5, 0.6) is 0 Å². The van der Waals surface area contributed by atoms with Crippen molar-refractivity contribution in [2.75, 3.05) is 0 Å². The molecule has 0 saturated carbocycles. The van der Waals surface area contributed by atoms with Crippen LogP contribution >= 0.6 is 0 Å². The Labute approximate surface area is 384 Å². The molecule has 0 unspecified atom stereocenters. The number of aliphatic carboxylic acids is 3. The van der Waals surface area contributed by atoms with Gasteiger partial charge in [-0.05, 0) is 38.5 Å². The van der Waals surface area contributed by atoms with Gasteiger partial charge in [0, 0.05) is 17.9 Å². The maximum atomic E-state index is 10.1. The van der Waals surface area contributed by atoms with Gasteiger partial charge in [-0.15, -0.1) is 0 Å². The van der Waals surface area contributed by atoms with E-state index in [9.17, 15) is 29.7 Å². The van der Waals surface area contributed by atoms with Crippen molar-refractivity contribution in [2.45, 2.75) is 252 Å². The minimum absolute atomic E-state index is 0. The molecule has 0 aliphatic carbocycles. The molecule has 0 radical (unpaired) electrons. The Morgan fingerprint density at radius 3 is 0.490 bits per heavy atom. The molecule has 0 bridgehead atoms. The molecule has 0 amide bonds. The van der Waals surface area contributed by atoms with Crippen LogP contribution in [0.1, 0.15) is 252 Å². The maximum Gasteiger partial charge on any atom is 1.00 e. The number of unbranched alkanes of at least 4 members (excludes halogenated alkanes) is 30. The molecule has 6 nitrogen and oxygen atoms in total. The van der Waals surface area contributed by atoms with Crippen molar-refractivity contribution in [1.29, 1.82) is 0 Å². The fourth-order valence-electron chi connectivity index (χ4n) is 5.80. The fourth-order valence-corrected chi connectivity index (χ4v) is 5.80. The molecular formula is C42H81Na3O6. The van der Waals surface area contributed by atoms with Crippen molar-refractivity contribution in [1.82, 2.24) is 0 Å². The molecule has 0 aliphatic heterocycles. The Morgan fingerprint density at radius 2 is 0.373 bits per heavy atom. The molecule has 0 aromatic rings. The van der Waals surface area contributed by atoms with Crippen molar-refractivity contribution in [2.24, 2.45) is 0 Å². The summed E-state index contributed by atoms with van der Waals surface area (Å²) in [5, 5.41) is 30.4.